The highest BCUT2D eigenvalue weighted by atomic mass is 16.6. The predicted octanol–water partition coefficient (Wildman–Crippen LogP) is 1.05. The van der Waals surface area contributed by atoms with E-state index in [4.69, 9.17) is 9.47 Å². The number of amides is 1. The molecule has 0 aliphatic carbocycles. The van der Waals surface area contributed by atoms with Crippen molar-refractivity contribution in [1.82, 2.24) is 10.9 Å². The van der Waals surface area contributed by atoms with Crippen LogP contribution in [0, 0.1) is 0 Å². The van der Waals surface area contributed by atoms with Crippen molar-refractivity contribution >= 4 is 6.09 Å². The number of hydrogen-bond donors (Lipinski definition) is 2. The van der Waals surface area contributed by atoms with Crippen molar-refractivity contribution < 1.29 is 14.3 Å². The molecule has 2 N–H and O–H groups in total. The smallest absolute Gasteiger partial charge is 0.422 e. The van der Waals surface area contributed by atoms with Gasteiger partial charge in [0, 0.05) is 13.7 Å². The average molecular weight is 204 g/mol. The molecule has 0 aromatic heterocycles. The number of nitrogens with one attached hydrogen (secondary N) is 2. The molecule has 1 amide bonds. The monoisotopic (exact) mass is 204 g/mol. The first-order chi connectivity index (χ1) is 6.35. The number of hydrogen-bond acceptors (Lipinski definition) is 4. The maximum absolute atomic E-state index is 11.1. The SMILES string of the molecule is COC(C)CNNC(=O)OC(C)(C)C. The lowest BCUT2D eigenvalue weighted by molar-refractivity contribution is 0.0475. The fraction of sp³-hybridized carbons (Fsp3) is 0.889. The molecule has 0 bridgehead atoms. The maximum Gasteiger partial charge on any atom is 0.422 e. The van der Waals surface area contributed by atoms with Crippen LogP contribution in [0.15, 0.2) is 0 Å². The zero-order valence-corrected chi connectivity index (χ0v) is 9.51. The third-order valence-electron chi connectivity index (χ3n) is 1.38. The van der Waals surface area contributed by atoms with Crippen LogP contribution in [-0.4, -0.2) is 31.5 Å². The molecule has 0 heterocycles. The van der Waals surface area contributed by atoms with Crippen LogP contribution >= 0.6 is 0 Å². The molecule has 5 heteroatoms. The summed E-state index contributed by atoms with van der Waals surface area (Å²) >= 11 is 0. The highest BCUT2D eigenvalue weighted by molar-refractivity contribution is 5.66. The molecule has 0 saturated carbocycles. The lowest BCUT2D eigenvalue weighted by Gasteiger charge is -2.20. The van der Waals surface area contributed by atoms with Crippen molar-refractivity contribution in [2.24, 2.45) is 0 Å². The molecule has 0 saturated heterocycles. The van der Waals surface area contributed by atoms with Gasteiger partial charge in [-0.1, -0.05) is 0 Å². The Morgan fingerprint density at radius 2 is 2.00 bits per heavy atom. The number of hydrazine groups is 1. The third-order valence-corrected chi connectivity index (χ3v) is 1.38. The summed E-state index contributed by atoms with van der Waals surface area (Å²) in [4.78, 5) is 11.1. The summed E-state index contributed by atoms with van der Waals surface area (Å²) in [6, 6.07) is 0. The number of ether oxygens (including phenoxy) is 2. The van der Waals surface area contributed by atoms with Crippen molar-refractivity contribution in [2.75, 3.05) is 13.7 Å². The first-order valence-corrected chi connectivity index (χ1v) is 4.60. The van der Waals surface area contributed by atoms with Gasteiger partial charge in [0.15, 0.2) is 0 Å². The molecule has 0 spiro atoms. The highest BCUT2D eigenvalue weighted by Crippen LogP contribution is 2.05. The largest absolute Gasteiger partial charge is 0.443 e. The predicted molar refractivity (Wildman–Crippen MR) is 53.8 cm³/mol. The van der Waals surface area contributed by atoms with E-state index in [1.54, 1.807) is 7.11 Å². The lowest BCUT2D eigenvalue weighted by atomic mass is 10.2. The van der Waals surface area contributed by atoms with Gasteiger partial charge in [-0.3, -0.25) is 5.43 Å². The molecule has 0 rings (SSSR count). The number of carbonyl (C=O) groups excluding carboxylic acids is 1. The first kappa shape index (κ1) is 13.2. The van der Waals surface area contributed by atoms with Crippen molar-refractivity contribution in [2.45, 2.75) is 39.4 Å². The Morgan fingerprint density at radius 1 is 1.43 bits per heavy atom. The van der Waals surface area contributed by atoms with E-state index in [-0.39, 0.29) is 6.10 Å². The van der Waals surface area contributed by atoms with Crippen LogP contribution in [0.3, 0.4) is 0 Å². The van der Waals surface area contributed by atoms with Crippen LogP contribution < -0.4 is 10.9 Å². The molecule has 84 valence electrons. The van der Waals surface area contributed by atoms with E-state index in [1.807, 2.05) is 27.7 Å². The fourth-order valence-electron chi connectivity index (χ4n) is 0.654. The Balaban J connectivity index is 3.55. The standard InChI is InChI=1S/C9H20N2O3/c1-7(13-5)6-10-11-8(12)14-9(2,3)4/h7,10H,6H2,1-5H3,(H,11,12). The molecular formula is C9H20N2O3. The summed E-state index contributed by atoms with van der Waals surface area (Å²) in [6.07, 6.45) is -0.439. The summed E-state index contributed by atoms with van der Waals surface area (Å²) in [5, 5.41) is 0. The molecule has 0 aromatic rings. The van der Waals surface area contributed by atoms with Gasteiger partial charge in [0.2, 0.25) is 0 Å². The third kappa shape index (κ3) is 7.82. The summed E-state index contributed by atoms with van der Waals surface area (Å²) in [7, 11) is 1.61. The molecule has 14 heavy (non-hydrogen) atoms. The Hall–Kier alpha value is -0.810. The van der Waals surface area contributed by atoms with E-state index < -0.39 is 11.7 Å². The Kier molecular flexibility index (Phi) is 5.49. The minimum atomic E-state index is -0.485. The second-order valence-corrected chi connectivity index (χ2v) is 4.05. The minimum absolute atomic E-state index is 0.0462. The second-order valence-electron chi connectivity index (χ2n) is 4.05. The van der Waals surface area contributed by atoms with Gasteiger partial charge in [-0.05, 0) is 27.7 Å². The van der Waals surface area contributed by atoms with Gasteiger partial charge < -0.3 is 9.47 Å². The second kappa shape index (κ2) is 5.82. The van der Waals surface area contributed by atoms with E-state index in [0.717, 1.165) is 0 Å². The molecule has 5 nitrogen and oxygen atoms in total. The first-order valence-electron chi connectivity index (χ1n) is 4.60. The van der Waals surface area contributed by atoms with E-state index in [1.165, 1.54) is 0 Å². The topological polar surface area (TPSA) is 59.6 Å². The van der Waals surface area contributed by atoms with E-state index in [9.17, 15) is 4.79 Å². The van der Waals surface area contributed by atoms with Crippen LogP contribution in [0.2, 0.25) is 0 Å². The van der Waals surface area contributed by atoms with Crippen LogP contribution in [-0.2, 0) is 9.47 Å². The van der Waals surface area contributed by atoms with Crippen LogP contribution in [0.1, 0.15) is 27.7 Å². The van der Waals surface area contributed by atoms with Crippen molar-refractivity contribution in [1.29, 1.82) is 0 Å². The molecule has 1 unspecified atom stereocenters. The van der Waals surface area contributed by atoms with Gasteiger partial charge in [0.05, 0.1) is 6.10 Å². The molecular weight excluding hydrogens is 184 g/mol. The van der Waals surface area contributed by atoms with E-state index >= 15 is 0 Å². The summed E-state index contributed by atoms with van der Waals surface area (Å²) in [5.74, 6) is 0. The molecule has 0 aromatic carbocycles. The number of carbonyl (C=O) groups is 1. The average Bonchev–Trinajstić information content (AvgIpc) is 2.00. The quantitative estimate of drug-likeness (QED) is 0.672. The van der Waals surface area contributed by atoms with E-state index in [2.05, 4.69) is 10.9 Å². The van der Waals surface area contributed by atoms with Crippen molar-refractivity contribution in [3.05, 3.63) is 0 Å². The van der Waals surface area contributed by atoms with Gasteiger partial charge in [0.25, 0.3) is 0 Å². The van der Waals surface area contributed by atoms with Gasteiger partial charge in [-0.2, -0.15) is 0 Å². The molecule has 0 radical (unpaired) electrons. The van der Waals surface area contributed by atoms with Gasteiger partial charge in [-0.15, -0.1) is 0 Å². The zero-order valence-electron chi connectivity index (χ0n) is 9.51. The minimum Gasteiger partial charge on any atom is -0.443 e. The zero-order chi connectivity index (χ0) is 11.2. The Bertz CT molecular complexity index is 177. The molecule has 0 fully saturated rings. The van der Waals surface area contributed by atoms with Crippen LogP contribution in [0.4, 0.5) is 4.79 Å². The summed E-state index contributed by atoms with van der Waals surface area (Å²) in [5.41, 5.74) is 4.65. The number of methoxy groups -OCH3 is 1. The Morgan fingerprint density at radius 3 is 2.43 bits per heavy atom. The fourth-order valence-corrected chi connectivity index (χ4v) is 0.654. The van der Waals surface area contributed by atoms with Crippen molar-refractivity contribution in [3.63, 3.8) is 0 Å². The van der Waals surface area contributed by atoms with Gasteiger partial charge in [0.1, 0.15) is 5.60 Å². The van der Waals surface area contributed by atoms with Crippen molar-refractivity contribution in [3.8, 4) is 0 Å². The Labute approximate surface area is 85.1 Å². The highest BCUT2D eigenvalue weighted by Gasteiger charge is 2.15. The van der Waals surface area contributed by atoms with Crippen LogP contribution in [0.5, 0.6) is 0 Å². The normalized spacial score (nSPS) is 13.5. The van der Waals surface area contributed by atoms with E-state index in [0.29, 0.717) is 6.54 Å². The molecule has 0 aliphatic rings. The van der Waals surface area contributed by atoms with Crippen LogP contribution in [0.25, 0.3) is 0 Å². The lowest BCUT2D eigenvalue weighted by Crippen LogP contribution is -2.44. The molecule has 1 atom stereocenters. The molecule has 0 aliphatic heterocycles. The maximum atomic E-state index is 11.1. The summed E-state index contributed by atoms with van der Waals surface area (Å²) in [6.45, 7) is 7.86. The van der Waals surface area contributed by atoms with Gasteiger partial charge >= 0.3 is 6.09 Å². The summed E-state index contributed by atoms with van der Waals surface area (Å²) < 4.78 is 9.98. The van der Waals surface area contributed by atoms with Gasteiger partial charge in [-0.25, -0.2) is 10.2 Å². The number of rotatable bonds is 4.